The fourth-order valence-corrected chi connectivity index (χ4v) is 3.15. The van der Waals surface area contributed by atoms with Gasteiger partial charge in [-0.1, -0.05) is 23.7 Å². The number of rotatable bonds is 4. The maximum absolute atomic E-state index is 13.8. The highest BCUT2D eigenvalue weighted by molar-refractivity contribution is 6.31. The summed E-state index contributed by atoms with van der Waals surface area (Å²) in [7, 11) is 0. The third kappa shape index (κ3) is 3.98. The Balaban J connectivity index is 2.05. The van der Waals surface area contributed by atoms with Crippen molar-refractivity contribution in [3.05, 3.63) is 63.7 Å². The number of aliphatic hydroxyl groups excluding tert-OH is 4. The molecule has 2 aromatic carbocycles. The fraction of sp³-hybridized carbons (Fsp3) is 0.368. The molecular formula is C19H19ClF2O6. The molecule has 28 heavy (non-hydrogen) atoms. The molecule has 1 saturated heterocycles. The molecule has 5 N–H and O–H groups in total. The van der Waals surface area contributed by atoms with Gasteiger partial charge in [0.1, 0.15) is 30.5 Å². The second-order valence-electron chi connectivity index (χ2n) is 6.40. The molecule has 1 aliphatic rings. The SMILES string of the molecule is [2H]C([2H])(c1cc(F)c(O)c(F)c1)c1cc([C@@H]2O[C@H](CO)[C@@H](O)[C@H](O)[C@H]2O)ccc1Cl. The van der Waals surface area contributed by atoms with Crippen molar-refractivity contribution in [2.24, 2.45) is 0 Å². The first-order valence-electron chi connectivity index (χ1n) is 9.28. The number of aromatic hydroxyl groups is 1. The Kier molecular flexibility index (Phi) is 5.39. The summed E-state index contributed by atoms with van der Waals surface area (Å²) < 4.78 is 49.7. The van der Waals surface area contributed by atoms with Gasteiger partial charge in [0.05, 0.1) is 6.61 Å². The molecule has 0 amide bonds. The second kappa shape index (κ2) is 8.28. The minimum Gasteiger partial charge on any atom is -0.503 e. The molecule has 1 aliphatic heterocycles. The van der Waals surface area contributed by atoms with Gasteiger partial charge in [0.15, 0.2) is 17.4 Å². The van der Waals surface area contributed by atoms with Crippen molar-refractivity contribution >= 4 is 11.6 Å². The first kappa shape index (κ1) is 18.2. The fourth-order valence-electron chi connectivity index (χ4n) is 2.99. The summed E-state index contributed by atoms with van der Waals surface area (Å²) in [5, 5.41) is 48.7. The summed E-state index contributed by atoms with van der Waals surface area (Å²) in [5.74, 6) is -3.94. The van der Waals surface area contributed by atoms with Gasteiger partial charge < -0.3 is 30.3 Å². The minimum atomic E-state index is -2.52. The van der Waals surface area contributed by atoms with Gasteiger partial charge >= 0.3 is 0 Å². The van der Waals surface area contributed by atoms with Crippen molar-refractivity contribution in [2.45, 2.75) is 36.9 Å². The van der Waals surface area contributed by atoms with Crippen LogP contribution in [0.5, 0.6) is 5.75 Å². The average Bonchev–Trinajstić information content (AvgIpc) is 2.70. The summed E-state index contributed by atoms with van der Waals surface area (Å²) in [5.41, 5.74) is -0.527. The number of hydrogen-bond donors (Lipinski definition) is 5. The molecule has 0 radical (unpaired) electrons. The summed E-state index contributed by atoms with van der Waals surface area (Å²) >= 11 is 6.11. The second-order valence-corrected chi connectivity index (χ2v) is 6.81. The zero-order valence-electron chi connectivity index (χ0n) is 16.3. The molecule has 0 aliphatic carbocycles. The van der Waals surface area contributed by atoms with Crippen molar-refractivity contribution in [3.8, 4) is 5.75 Å². The molecule has 1 heterocycles. The monoisotopic (exact) mass is 418 g/mol. The predicted octanol–water partition coefficient (Wildman–Crippen LogP) is 1.43. The minimum absolute atomic E-state index is 0.0952. The summed E-state index contributed by atoms with van der Waals surface area (Å²) in [4.78, 5) is 0. The Labute approximate surface area is 167 Å². The molecule has 3 rings (SSSR count). The lowest BCUT2D eigenvalue weighted by Gasteiger charge is -2.40. The van der Waals surface area contributed by atoms with Gasteiger partial charge in [0, 0.05) is 7.76 Å². The van der Waals surface area contributed by atoms with Crippen LogP contribution in [0.2, 0.25) is 5.02 Å². The Bertz CT molecular complexity index is 922. The van der Waals surface area contributed by atoms with Crippen LogP contribution in [-0.2, 0) is 11.1 Å². The Hall–Kier alpha value is -1.81. The third-order valence-corrected chi connectivity index (χ3v) is 4.84. The first-order chi connectivity index (χ1) is 14.0. The molecule has 0 saturated carbocycles. The largest absolute Gasteiger partial charge is 0.503 e. The van der Waals surface area contributed by atoms with Gasteiger partial charge in [-0.2, -0.15) is 0 Å². The van der Waals surface area contributed by atoms with Crippen LogP contribution in [0.3, 0.4) is 0 Å². The quantitative estimate of drug-likeness (QED) is 0.514. The molecule has 0 aromatic heterocycles. The number of hydrogen-bond acceptors (Lipinski definition) is 6. The normalized spacial score (nSPS) is 29.3. The zero-order valence-corrected chi connectivity index (χ0v) is 15.0. The average molecular weight is 419 g/mol. The topological polar surface area (TPSA) is 110 Å². The van der Waals surface area contributed by atoms with Crippen LogP contribution < -0.4 is 0 Å². The molecular weight excluding hydrogens is 398 g/mol. The lowest BCUT2D eigenvalue weighted by atomic mass is 9.90. The Morgan fingerprint density at radius 2 is 1.68 bits per heavy atom. The molecule has 0 bridgehead atoms. The van der Waals surface area contributed by atoms with Crippen molar-refractivity contribution in [3.63, 3.8) is 0 Å². The molecule has 6 nitrogen and oxygen atoms in total. The van der Waals surface area contributed by atoms with Crippen LogP contribution in [-0.4, -0.2) is 56.6 Å². The highest BCUT2D eigenvalue weighted by atomic mass is 35.5. The number of halogens is 3. The number of aliphatic hydroxyl groups is 4. The van der Waals surface area contributed by atoms with E-state index in [0.717, 1.165) is 0 Å². The Morgan fingerprint density at radius 1 is 1.04 bits per heavy atom. The zero-order chi connectivity index (χ0) is 22.4. The van der Waals surface area contributed by atoms with E-state index < -0.39 is 66.4 Å². The predicted molar refractivity (Wildman–Crippen MR) is 95.0 cm³/mol. The third-order valence-electron chi connectivity index (χ3n) is 4.51. The van der Waals surface area contributed by atoms with E-state index in [-0.39, 0.29) is 16.1 Å². The highest BCUT2D eigenvalue weighted by Gasteiger charge is 2.44. The Morgan fingerprint density at radius 3 is 2.29 bits per heavy atom. The van der Waals surface area contributed by atoms with Crippen molar-refractivity contribution < 1.29 is 41.8 Å². The van der Waals surface area contributed by atoms with Crippen molar-refractivity contribution in [2.75, 3.05) is 6.61 Å². The van der Waals surface area contributed by atoms with Crippen LogP contribution in [0.25, 0.3) is 0 Å². The van der Waals surface area contributed by atoms with Crippen LogP contribution in [0.1, 0.15) is 25.5 Å². The maximum Gasteiger partial charge on any atom is 0.187 e. The van der Waals surface area contributed by atoms with E-state index in [1.54, 1.807) is 0 Å². The van der Waals surface area contributed by atoms with E-state index in [1.165, 1.54) is 18.2 Å². The summed E-state index contributed by atoms with van der Waals surface area (Å²) in [6.07, 6.45) is -9.76. The van der Waals surface area contributed by atoms with E-state index in [1.807, 2.05) is 0 Å². The summed E-state index contributed by atoms with van der Waals surface area (Å²) in [6, 6.07) is 5.12. The van der Waals surface area contributed by atoms with Crippen molar-refractivity contribution in [1.29, 1.82) is 0 Å². The molecule has 0 spiro atoms. The standard InChI is InChI=1S/C19H19ClF2O6/c20-11-2-1-9(19-18(27)17(26)16(25)14(7-23)28-19)6-10(11)3-8-4-12(21)15(24)13(22)5-8/h1-2,4-6,14,16-19,23-27H,3,7H2/t14-,16-,17+,18-,19+/m1/s1/i3D2. The van der Waals surface area contributed by atoms with Crippen LogP contribution in [0.15, 0.2) is 30.3 Å². The molecule has 5 atom stereocenters. The first-order valence-corrected chi connectivity index (χ1v) is 8.65. The lowest BCUT2D eigenvalue weighted by Crippen LogP contribution is -2.55. The number of phenols is 1. The van der Waals surface area contributed by atoms with Crippen LogP contribution in [0.4, 0.5) is 8.78 Å². The number of phenolic OH excluding ortho intramolecular Hbond substituents is 1. The van der Waals surface area contributed by atoms with E-state index in [0.29, 0.717) is 12.1 Å². The van der Waals surface area contributed by atoms with Gasteiger partial charge in [-0.05, 0) is 41.3 Å². The van der Waals surface area contributed by atoms with E-state index in [4.69, 9.17) is 19.1 Å². The van der Waals surface area contributed by atoms with Gasteiger partial charge in [-0.3, -0.25) is 0 Å². The van der Waals surface area contributed by atoms with Crippen LogP contribution in [0, 0.1) is 11.6 Å². The molecule has 1 fully saturated rings. The van der Waals surface area contributed by atoms with Gasteiger partial charge in [0.2, 0.25) is 0 Å². The van der Waals surface area contributed by atoms with Gasteiger partial charge in [-0.25, -0.2) is 8.78 Å². The van der Waals surface area contributed by atoms with E-state index in [9.17, 15) is 34.3 Å². The number of benzene rings is 2. The smallest absolute Gasteiger partial charge is 0.187 e. The maximum atomic E-state index is 13.8. The van der Waals surface area contributed by atoms with Gasteiger partial charge in [0.25, 0.3) is 0 Å². The number of ether oxygens (including phenoxy) is 1. The van der Waals surface area contributed by atoms with E-state index in [2.05, 4.69) is 0 Å². The van der Waals surface area contributed by atoms with Gasteiger partial charge in [-0.15, -0.1) is 0 Å². The molecule has 0 unspecified atom stereocenters. The van der Waals surface area contributed by atoms with Crippen molar-refractivity contribution in [1.82, 2.24) is 0 Å². The highest BCUT2D eigenvalue weighted by Crippen LogP contribution is 2.34. The van der Waals surface area contributed by atoms with E-state index >= 15 is 0 Å². The summed E-state index contributed by atoms with van der Waals surface area (Å²) in [6.45, 7) is -0.644. The molecule has 152 valence electrons. The molecule has 2 aromatic rings. The van der Waals surface area contributed by atoms with Crippen LogP contribution >= 0.6 is 11.6 Å². The molecule has 9 heteroatoms. The lowest BCUT2D eigenvalue weighted by molar-refractivity contribution is -0.231.